The second kappa shape index (κ2) is 3.59. The molecule has 0 aliphatic heterocycles. The Morgan fingerprint density at radius 3 is 1.93 bits per heavy atom. The molecule has 0 saturated carbocycles. The van der Waals surface area contributed by atoms with Crippen molar-refractivity contribution in [2.75, 3.05) is 7.11 Å². The summed E-state index contributed by atoms with van der Waals surface area (Å²) in [6.07, 6.45) is 0. The summed E-state index contributed by atoms with van der Waals surface area (Å²) in [6, 6.07) is 3.21. The first-order chi connectivity index (χ1) is 6.36. The highest BCUT2D eigenvalue weighted by Gasteiger charge is 2.16. The first-order valence-corrected chi connectivity index (χ1v) is 5.49. The number of benzene rings is 1. The zero-order chi connectivity index (χ0) is 10.9. The van der Waals surface area contributed by atoms with Crippen LogP contribution in [-0.4, -0.2) is 15.5 Å². The maximum absolute atomic E-state index is 11.1. The van der Waals surface area contributed by atoms with Gasteiger partial charge in [0.05, 0.1) is 12.0 Å². The second-order valence-electron chi connectivity index (χ2n) is 3.09. The fourth-order valence-electron chi connectivity index (χ4n) is 1.45. The van der Waals surface area contributed by atoms with E-state index in [4.69, 9.17) is 9.88 Å². The van der Waals surface area contributed by atoms with Crippen LogP contribution in [0.25, 0.3) is 0 Å². The number of methoxy groups -OCH3 is 1. The Morgan fingerprint density at radius 2 is 1.64 bits per heavy atom. The fraction of sp³-hybridized carbons (Fsp3) is 0.333. The summed E-state index contributed by atoms with van der Waals surface area (Å²) >= 11 is 0. The van der Waals surface area contributed by atoms with Gasteiger partial charge in [0.15, 0.2) is 0 Å². The Balaban J connectivity index is 3.48. The number of ether oxygens (including phenoxy) is 1. The Kier molecular flexibility index (Phi) is 2.82. The molecule has 0 aromatic heterocycles. The maximum Gasteiger partial charge on any atom is 0.254 e. The molecular formula is C9H12NO3S. The smallest absolute Gasteiger partial charge is 0.254 e. The molecule has 1 N–H and O–H groups in total. The Labute approximate surface area is 83.7 Å². The normalized spacial score (nSPS) is 11.4. The molecule has 0 heterocycles. The quantitative estimate of drug-likeness (QED) is 0.744. The molecule has 5 heteroatoms. The molecular weight excluding hydrogens is 202 g/mol. The molecule has 0 unspecified atom stereocenters. The highest BCUT2D eigenvalue weighted by Crippen LogP contribution is 2.24. The van der Waals surface area contributed by atoms with Crippen molar-refractivity contribution < 1.29 is 13.2 Å². The molecule has 0 saturated heterocycles. The summed E-state index contributed by atoms with van der Waals surface area (Å²) < 4.78 is 27.2. The molecule has 14 heavy (non-hydrogen) atoms. The van der Waals surface area contributed by atoms with E-state index in [1.54, 1.807) is 26.0 Å². The van der Waals surface area contributed by atoms with Gasteiger partial charge in [-0.3, -0.25) is 0 Å². The molecule has 0 atom stereocenters. The summed E-state index contributed by atoms with van der Waals surface area (Å²) in [5.74, 6) is 0.604. The number of hydrogen-bond acceptors (Lipinski definition) is 3. The first kappa shape index (κ1) is 11.0. The molecule has 1 rings (SSSR count). The predicted molar refractivity (Wildman–Crippen MR) is 52.8 cm³/mol. The van der Waals surface area contributed by atoms with Crippen LogP contribution in [-0.2, 0) is 10.0 Å². The van der Waals surface area contributed by atoms with Crippen LogP contribution < -0.4 is 9.88 Å². The van der Waals surface area contributed by atoms with Gasteiger partial charge >= 0.3 is 0 Å². The second-order valence-corrected chi connectivity index (χ2v) is 4.51. The molecule has 0 fully saturated rings. The summed E-state index contributed by atoms with van der Waals surface area (Å²) in [7, 11) is -2.38. The van der Waals surface area contributed by atoms with Crippen molar-refractivity contribution in [3.63, 3.8) is 0 Å². The minimum Gasteiger partial charge on any atom is -0.497 e. The van der Waals surface area contributed by atoms with Gasteiger partial charge in [0.2, 0.25) is 0 Å². The molecule has 77 valence electrons. The molecule has 1 radical (unpaired) electrons. The van der Waals surface area contributed by atoms with E-state index in [9.17, 15) is 8.42 Å². The van der Waals surface area contributed by atoms with Crippen molar-refractivity contribution in [3.8, 4) is 5.75 Å². The predicted octanol–water partition coefficient (Wildman–Crippen LogP) is 1.28. The minimum absolute atomic E-state index is 0.0679. The standard InChI is InChI=1S/C9H12NO3S/c1-6-4-8(13-3)5-7(2)9(6)14(10,11)12/h4-5,10H,1-3H3. The summed E-state index contributed by atoms with van der Waals surface area (Å²) in [5, 5.41) is 7.01. The third-order valence-corrected chi connectivity index (χ3v) is 3.12. The molecule has 0 aliphatic rings. The van der Waals surface area contributed by atoms with E-state index in [0.29, 0.717) is 16.9 Å². The highest BCUT2D eigenvalue weighted by atomic mass is 32.2. The van der Waals surface area contributed by atoms with Crippen LogP contribution in [0.15, 0.2) is 17.0 Å². The molecule has 0 aliphatic carbocycles. The number of aryl methyl sites for hydroxylation is 2. The number of sulfonamides is 1. The lowest BCUT2D eigenvalue weighted by atomic mass is 10.1. The molecule has 0 bridgehead atoms. The Bertz CT molecular complexity index is 428. The Morgan fingerprint density at radius 1 is 1.21 bits per heavy atom. The van der Waals surface area contributed by atoms with Gasteiger partial charge in [-0.15, -0.1) is 5.14 Å². The van der Waals surface area contributed by atoms with Gasteiger partial charge in [-0.25, -0.2) is 8.42 Å². The molecule has 0 spiro atoms. The number of hydrogen-bond donors (Lipinski definition) is 0. The third-order valence-electron chi connectivity index (χ3n) is 1.94. The van der Waals surface area contributed by atoms with Gasteiger partial charge in [-0.05, 0) is 37.1 Å². The van der Waals surface area contributed by atoms with Crippen LogP contribution in [0.4, 0.5) is 0 Å². The fourth-order valence-corrected chi connectivity index (χ4v) is 2.42. The lowest BCUT2D eigenvalue weighted by Crippen LogP contribution is -2.06. The molecule has 1 aromatic rings. The summed E-state index contributed by atoms with van der Waals surface area (Å²) in [4.78, 5) is 0.0679. The van der Waals surface area contributed by atoms with E-state index in [1.165, 1.54) is 7.11 Å². The van der Waals surface area contributed by atoms with E-state index in [2.05, 4.69) is 0 Å². The largest absolute Gasteiger partial charge is 0.497 e. The van der Waals surface area contributed by atoms with Crippen LogP contribution in [0.1, 0.15) is 11.1 Å². The van der Waals surface area contributed by atoms with Crippen LogP contribution >= 0.6 is 0 Å². The Hall–Kier alpha value is -1.07. The first-order valence-electron chi connectivity index (χ1n) is 4.01. The topological polar surface area (TPSA) is 67.2 Å². The van der Waals surface area contributed by atoms with Gasteiger partial charge in [0, 0.05) is 0 Å². The van der Waals surface area contributed by atoms with Crippen LogP contribution in [0.3, 0.4) is 0 Å². The monoisotopic (exact) mass is 214 g/mol. The van der Waals surface area contributed by atoms with Crippen molar-refractivity contribution in [1.82, 2.24) is 5.14 Å². The van der Waals surface area contributed by atoms with Crippen LogP contribution in [0.5, 0.6) is 5.75 Å². The van der Waals surface area contributed by atoms with Crippen molar-refractivity contribution in [3.05, 3.63) is 23.3 Å². The summed E-state index contributed by atoms with van der Waals surface area (Å²) in [6.45, 7) is 3.30. The molecule has 0 amide bonds. The van der Waals surface area contributed by atoms with Crippen LogP contribution in [0, 0.1) is 13.8 Å². The third kappa shape index (κ3) is 2.05. The van der Waals surface area contributed by atoms with E-state index >= 15 is 0 Å². The zero-order valence-corrected chi connectivity index (χ0v) is 9.10. The van der Waals surface area contributed by atoms with Crippen molar-refractivity contribution in [1.29, 1.82) is 0 Å². The molecule has 4 nitrogen and oxygen atoms in total. The zero-order valence-electron chi connectivity index (χ0n) is 8.29. The van der Waals surface area contributed by atoms with E-state index < -0.39 is 10.0 Å². The lowest BCUT2D eigenvalue weighted by Gasteiger charge is -2.09. The number of nitrogens with one attached hydrogen (secondary N) is 1. The lowest BCUT2D eigenvalue weighted by molar-refractivity contribution is 0.413. The average Bonchev–Trinajstić information content (AvgIpc) is 1.99. The van der Waals surface area contributed by atoms with Gasteiger partial charge < -0.3 is 4.74 Å². The van der Waals surface area contributed by atoms with Crippen molar-refractivity contribution in [2.45, 2.75) is 18.7 Å². The van der Waals surface area contributed by atoms with Gasteiger partial charge in [-0.2, -0.15) is 0 Å². The van der Waals surface area contributed by atoms with Crippen molar-refractivity contribution >= 4 is 10.0 Å². The average molecular weight is 214 g/mol. The maximum atomic E-state index is 11.1. The van der Waals surface area contributed by atoms with Crippen LogP contribution in [0.2, 0.25) is 0 Å². The van der Waals surface area contributed by atoms with Gasteiger partial charge in [0.1, 0.15) is 5.75 Å². The highest BCUT2D eigenvalue weighted by molar-refractivity contribution is 7.89. The van der Waals surface area contributed by atoms with Gasteiger partial charge in [-0.1, -0.05) is 0 Å². The minimum atomic E-state index is -3.89. The molecule has 1 aromatic carbocycles. The van der Waals surface area contributed by atoms with Crippen molar-refractivity contribution in [2.24, 2.45) is 0 Å². The van der Waals surface area contributed by atoms with E-state index in [-0.39, 0.29) is 4.90 Å². The summed E-state index contributed by atoms with van der Waals surface area (Å²) in [5.41, 5.74) is 1.08. The van der Waals surface area contributed by atoms with Gasteiger partial charge in [0.25, 0.3) is 10.0 Å². The van der Waals surface area contributed by atoms with E-state index in [1.807, 2.05) is 0 Å². The SMILES string of the molecule is COc1cc(C)c(S([NH])(=O)=O)c(C)c1. The van der Waals surface area contributed by atoms with E-state index in [0.717, 1.165) is 0 Å². The number of rotatable bonds is 2.